The first-order valence-electron chi connectivity index (χ1n) is 11.9. The van der Waals surface area contributed by atoms with Crippen molar-refractivity contribution >= 4 is 17.5 Å². The normalized spacial score (nSPS) is 20.7. The van der Waals surface area contributed by atoms with Crippen LogP contribution >= 0.6 is 0 Å². The van der Waals surface area contributed by atoms with Crippen LogP contribution in [0.1, 0.15) is 39.1 Å². The van der Waals surface area contributed by atoms with Crippen LogP contribution < -0.4 is 14.4 Å². The zero-order valence-electron chi connectivity index (χ0n) is 19.8. The quantitative estimate of drug-likeness (QED) is 0.583. The number of hydrogen-bond acceptors (Lipinski definition) is 7. The zero-order chi connectivity index (χ0) is 23.7. The Morgan fingerprint density at radius 2 is 1.82 bits per heavy atom. The molecule has 0 N–H and O–H groups in total. The molecule has 3 aliphatic rings. The van der Waals surface area contributed by atoms with Gasteiger partial charge < -0.3 is 19.1 Å². The van der Waals surface area contributed by atoms with Crippen molar-refractivity contribution in [1.29, 1.82) is 0 Å². The molecule has 2 amide bonds. The van der Waals surface area contributed by atoms with Crippen molar-refractivity contribution in [3.63, 3.8) is 0 Å². The maximum Gasteiger partial charge on any atom is 0.263 e. The van der Waals surface area contributed by atoms with Crippen molar-refractivity contribution in [2.45, 2.75) is 25.5 Å². The highest BCUT2D eigenvalue weighted by molar-refractivity contribution is 6.23. The van der Waals surface area contributed by atoms with Gasteiger partial charge in [-0.25, -0.2) is 0 Å². The molecule has 3 heterocycles. The van der Waals surface area contributed by atoms with Crippen LogP contribution in [0, 0.1) is 0 Å². The summed E-state index contributed by atoms with van der Waals surface area (Å²) in [6.07, 6.45) is 1.81. The predicted molar refractivity (Wildman–Crippen MR) is 128 cm³/mol. The van der Waals surface area contributed by atoms with Gasteiger partial charge >= 0.3 is 0 Å². The number of benzene rings is 2. The Balaban J connectivity index is 1.28. The first-order chi connectivity index (χ1) is 16.6. The maximum absolute atomic E-state index is 13.3. The van der Waals surface area contributed by atoms with Crippen LogP contribution in [0.3, 0.4) is 0 Å². The van der Waals surface area contributed by atoms with Gasteiger partial charge in [-0.05, 0) is 43.2 Å². The molecule has 0 saturated carbocycles. The van der Waals surface area contributed by atoms with E-state index in [4.69, 9.17) is 14.2 Å². The Hall–Kier alpha value is -3.10. The van der Waals surface area contributed by atoms with Crippen molar-refractivity contribution in [3.05, 3.63) is 53.1 Å². The number of methoxy groups -OCH3 is 2. The van der Waals surface area contributed by atoms with Crippen molar-refractivity contribution in [3.8, 4) is 11.5 Å². The molecule has 2 aromatic carbocycles. The Labute approximate surface area is 200 Å². The number of rotatable bonds is 7. The van der Waals surface area contributed by atoms with Crippen molar-refractivity contribution < 1.29 is 23.8 Å². The number of imide groups is 1. The first kappa shape index (κ1) is 22.7. The minimum absolute atomic E-state index is 0.0530. The van der Waals surface area contributed by atoms with Crippen LogP contribution in [-0.4, -0.2) is 81.3 Å². The maximum atomic E-state index is 13.3. The van der Waals surface area contributed by atoms with Crippen LogP contribution in [0.15, 0.2) is 36.4 Å². The number of amides is 2. The molecule has 1 unspecified atom stereocenters. The van der Waals surface area contributed by atoms with E-state index in [9.17, 15) is 9.59 Å². The lowest BCUT2D eigenvalue weighted by Crippen LogP contribution is -2.46. The molecule has 34 heavy (non-hydrogen) atoms. The van der Waals surface area contributed by atoms with Crippen LogP contribution in [-0.2, 0) is 11.3 Å². The number of hydrogen-bond donors (Lipinski definition) is 0. The van der Waals surface area contributed by atoms with Gasteiger partial charge in [0.1, 0.15) is 11.5 Å². The number of piperazine rings is 1. The topological polar surface area (TPSA) is 71.6 Å². The molecule has 8 heteroatoms. The van der Waals surface area contributed by atoms with E-state index in [0.29, 0.717) is 24.3 Å². The monoisotopic (exact) mass is 465 g/mol. The number of carbonyl (C=O) groups is 2. The van der Waals surface area contributed by atoms with Gasteiger partial charge in [-0.3, -0.25) is 19.4 Å². The largest absolute Gasteiger partial charge is 0.497 e. The molecule has 2 aromatic rings. The molecule has 180 valence electrons. The summed E-state index contributed by atoms with van der Waals surface area (Å²) in [5.74, 6) is 1.25. The fraction of sp³-hybridized carbons (Fsp3) is 0.462. The molecule has 8 nitrogen and oxygen atoms in total. The SMILES string of the molecule is COc1ccc(OC)c(CN2CCN(c3cccc4c3C(=O)N(CC3CCCO3)C4=O)CC2)c1. The molecule has 0 aliphatic carbocycles. The van der Waals surface area contributed by atoms with Crippen molar-refractivity contribution in [2.24, 2.45) is 0 Å². The number of anilines is 1. The number of fused-ring (bicyclic) bond motifs is 1. The average molecular weight is 466 g/mol. The molecule has 5 rings (SSSR count). The second-order valence-electron chi connectivity index (χ2n) is 9.00. The third kappa shape index (κ3) is 4.23. The summed E-state index contributed by atoms with van der Waals surface area (Å²) in [7, 11) is 3.34. The second kappa shape index (κ2) is 9.64. The van der Waals surface area contributed by atoms with Gasteiger partial charge in [0.15, 0.2) is 0 Å². The number of nitrogens with zero attached hydrogens (tertiary/aromatic N) is 3. The first-order valence-corrected chi connectivity index (χ1v) is 11.9. The van der Waals surface area contributed by atoms with Crippen LogP contribution in [0.2, 0.25) is 0 Å². The van der Waals surface area contributed by atoms with Crippen LogP contribution in [0.5, 0.6) is 11.5 Å². The second-order valence-corrected chi connectivity index (χ2v) is 9.00. The van der Waals surface area contributed by atoms with E-state index in [1.54, 1.807) is 20.3 Å². The predicted octanol–water partition coefficient (Wildman–Crippen LogP) is 2.80. The molecule has 2 fully saturated rings. The molecule has 2 saturated heterocycles. The van der Waals surface area contributed by atoms with Gasteiger partial charge in [0.25, 0.3) is 11.8 Å². The lowest BCUT2D eigenvalue weighted by molar-refractivity contribution is 0.0475. The minimum atomic E-state index is -0.207. The molecular formula is C26H31N3O5. The molecule has 0 spiro atoms. The molecule has 1 atom stereocenters. The highest BCUT2D eigenvalue weighted by atomic mass is 16.5. The fourth-order valence-electron chi connectivity index (χ4n) is 5.13. The molecule has 3 aliphatic heterocycles. The van der Waals surface area contributed by atoms with Gasteiger partial charge in [-0.1, -0.05) is 6.07 Å². The molecule has 0 radical (unpaired) electrons. The van der Waals surface area contributed by atoms with E-state index in [0.717, 1.165) is 68.3 Å². The standard InChI is InChI=1S/C26H31N3O5/c1-32-19-8-9-23(33-2)18(15-19)16-27-10-12-28(13-11-27)22-7-3-6-21-24(22)26(31)29(25(21)30)17-20-5-4-14-34-20/h3,6-9,15,20H,4-5,10-14,16-17H2,1-2H3. The van der Waals surface area contributed by atoms with E-state index in [2.05, 4.69) is 9.80 Å². The van der Waals surface area contributed by atoms with E-state index < -0.39 is 0 Å². The van der Waals surface area contributed by atoms with E-state index in [1.165, 1.54) is 4.90 Å². The van der Waals surface area contributed by atoms with Crippen LogP contribution in [0.25, 0.3) is 0 Å². The van der Waals surface area contributed by atoms with Gasteiger partial charge in [0, 0.05) is 44.9 Å². The summed E-state index contributed by atoms with van der Waals surface area (Å²) in [5, 5.41) is 0. The van der Waals surface area contributed by atoms with Crippen LogP contribution in [0.4, 0.5) is 5.69 Å². The Morgan fingerprint density at radius 3 is 2.53 bits per heavy atom. The van der Waals surface area contributed by atoms with Gasteiger partial charge in [0.05, 0.1) is 43.7 Å². The fourth-order valence-corrected chi connectivity index (χ4v) is 5.13. The Bertz CT molecular complexity index is 1070. The number of carbonyl (C=O) groups excluding carboxylic acids is 2. The lowest BCUT2D eigenvalue weighted by atomic mass is 10.1. The zero-order valence-corrected chi connectivity index (χ0v) is 19.8. The van der Waals surface area contributed by atoms with Gasteiger partial charge in [-0.2, -0.15) is 0 Å². The van der Waals surface area contributed by atoms with Crippen molar-refractivity contribution in [1.82, 2.24) is 9.80 Å². The summed E-state index contributed by atoms with van der Waals surface area (Å²) < 4.78 is 16.6. The molecular weight excluding hydrogens is 434 g/mol. The Morgan fingerprint density at radius 1 is 1.00 bits per heavy atom. The van der Waals surface area contributed by atoms with E-state index in [-0.39, 0.29) is 17.9 Å². The third-order valence-corrected chi connectivity index (χ3v) is 6.98. The summed E-state index contributed by atoms with van der Waals surface area (Å²) >= 11 is 0. The minimum Gasteiger partial charge on any atom is -0.497 e. The summed E-state index contributed by atoms with van der Waals surface area (Å²) in [4.78, 5) is 32.2. The smallest absolute Gasteiger partial charge is 0.263 e. The lowest BCUT2D eigenvalue weighted by Gasteiger charge is -2.37. The molecule has 0 bridgehead atoms. The number of ether oxygens (including phenoxy) is 3. The summed E-state index contributed by atoms with van der Waals surface area (Å²) in [5.41, 5.74) is 2.98. The van der Waals surface area contributed by atoms with Gasteiger partial charge in [-0.15, -0.1) is 0 Å². The summed E-state index contributed by atoms with van der Waals surface area (Å²) in [6.45, 7) is 5.02. The molecule has 0 aromatic heterocycles. The highest BCUT2D eigenvalue weighted by Gasteiger charge is 2.40. The third-order valence-electron chi connectivity index (χ3n) is 6.98. The van der Waals surface area contributed by atoms with E-state index in [1.807, 2.05) is 30.3 Å². The highest BCUT2D eigenvalue weighted by Crippen LogP contribution is 2.33. The van der Waals surface area contributed by atoms with Crippen molar-refractivity contribution in [2.75, 3.05) is 58.5 Å². The van der Waals surface area contributed by atoms with Gasteiger partial charge in [0.2, 0.25) is 0 Å². The van der Waals surface area contributed by atoms with E-state index >= 15 is 0 Å². The average Bonchev–Trinajstić information content (AvgIpc) is 3.47. The summed E-state index contributed by atoms with van der Waals surface area (Å²) in [6, 6.07) is 11.4. The Kier molecular flexibility index (Phi) is 6.43.